The topological polar surface area (TPSA) is 79.8 Å². The van der Waals surface area contributed by atoms with Crippen LogP contribution in [0.2, 0.25) is 5.02 Å². The van der Waals surface area contributed by atoms with Crippen LogP contribution >= 0.6 is 11.6 Å². The average molecular weight is 370 g/mol. The van der Waals surface area contributed by atoms with Gasteiger partial charge in [-0.15, -0.1) is 6.42 Å². The molecule has 0 aromatic heterocycles. The number of nitrogens with one attached hydrogen (secondary N) is 2. The third-order valence-corrected chi connectivity index (χ3v) is 3.31. The van der Waals surface area contributed by atoms with Crippen LogP contribution in [0.15, 0.2) is 53.6 Å². The van der Waals surface area contributed by atoms with Crippen LogP contribution in [0, 0.1) is 12.3 Å². The van der Waals surface area contributed by atoms with Crippen molar-refractivity contribution in [3.63, 3.8) is 0 Å². The van der Waals surface area contributed by atoms with Gasteiger partial charge in [-0.05, 0) is 54.1 Å². The van der Waals surface area contributed by atoms with Gasteiger partial charge >= 0.3 is 0 Å². The summed E-state index contributed by atoms with van der Waals surface area (Å²) in [6.45, 7) is 0.196. The van der Waals surface area contributed by atoms with Crippen LogP contribution in [-0.4, -0.2) is 24.6 Å². The molecule has 0 saturated heterocycles. The predicted octanol–water partition coefficient (Wildman–Crippen LogP) is 2.83. The van der Waals surface area contributed by atoms with Crippen molar-refractivity contribution in [3.8, 4) is 18.1 Å². The van der Waals surface area contributed by atoms with Crippen molar-refractivity contribution in [1.29, 1.82) is 0 Å². The lowest BCUT2D eigenvalue weighted by Gasteiger charge is -2.04. The van der Waals surface area contributed by atoms with Crippen molar-refractivity contribution < 1.29 is 14.3 Å². The summed E-state index contributed by atoms with van der Waals surface area (Å²) in [5.74, 6) is 2.04. The number of hydrogen-bond acceptors (Lipinski definition) is 4. The molecule has 132 valence electrons. The van der Waals surface area contributed by atoms with Gasteiger partial charge in [0.25, 0.3) is 0 Å². The predicted molar refractivity (Wildman–Crippen MR) is 101 cm³/mol. The van der Waals surface area contributed by atoms with E-state index in [1.807, 2.05) is 0 Å². The third-order valence-electron chi connectivity index (χ3n) is 3.05. The Balaban J connectivity index is 1.76. The highest BCUT2D eigenvalue weighted by Gasteiger charge is 2.08. The Morgan fingerprint density at radius 2 is 1.81 bits per heavy atom. The fraction of sp³-hybridized carbons (Fsp3) is 0.105. The molecule has 2 rings (SSSR count). The van der Waals surface area contributed by atoms with Gasteiger partial charge in [-0.25, -0.2) is 5.43 Å². The summed E-state index contributed by atoms with van der Waals surface area (Å²) in [6, 6.07) is 13.6. The molecule has 2 aromatic rings. The largest absolute Gasteiger partial charge is 0.481 e. The lowest BCUT2D eigenvalue weighted by molar-refractivity contribution is -0.126. The van der Waals surface area contributed by atoms with Gasteiger partial charge < -0.3 is 10.1 Å². The monoisotopic (exact) mass is 369 g/mol. The number of halogens is 1. The molecule has 2 amide bonds. The quantitative estimate of drug-likeness (QED) is 0.341. The Labute approximate surface area is 156 Å². The molecule has 7 heteroatoms. The van der Waals surface area contributed by atoms with Crippen LogP contribution in [0.4, 0.5) is 5.69 Å². The van der Waals surface area contributed by atoms with E-state index in [4.69, 9.17) is 22.8 Å². The molecule has 0 atom stereocenters. The smallest absolute Gasteiger partial charge is 0.249 e. The molecule has 2 aromatic carbocycles. The third kappa shape index (κ3) is 6.67. The Hall–Kier alpha value is -3.30. The molecule has 0 radical (unpaired) electrons. The van der Waals surface area contributed by atoms with Gasteiger partial charge in [-0.1, -0.05) is 17.5 Å². The van der Waals surface area contributed by atoms with Crippen LogP contribution in [0.3, 0.4) is 0 Å². The summed E-state index contributed by atoms with van der Waals surface area (Å²) in [6.07, 6.45) is 6.22. The maximum absolute atomic E-state index is 11.8. The zero-order valence-electron chi connectivity index (χ0n) is 13.7. The first-order valence-electron chi connectivity index (χ1n) is 7.60. The van der Waals surface area contributed by atoms with E-state index in [1.165, 1.54) is 6.21 Å². The van der Waals surface area contributed by atoms with Crippen molar-refractivity contribution >= 4 is 35.3 Å². The van der Waals surface area contributed by atoms with Crippen molar-refractivity contribution in [3.05, 3.63) is 59.1 Å². The Kier molecular flexibility index (Phi) is 7.22. The summed E-state index contributed by atoms with van der Waals surface area (Å²) >= 11 is 5.76. The molecule has 0 heterocycles. The normalized spacial score (nSPS) is 10.2. The van der Waals surface area contributed by atoms with Gasteiger partial charge in [0.05, 0.1) is 6.21 Å². The van der Waals surface area contributed by atoms with Crippen LogP contribution in [0.5, 0.6) is 5.75 Å². The van der Waals surface area contributed by atoms with Crippen LogP contribution in [0.25, 0.3) is 0 Å². The van der Waals surface area contributed by atoms with Crippen LogP contribution < -0.4 is 15.5 Å². The highest BCUT2D eigenvalue weighted by atomic mass is 35.5. The van der Waals surface area contributed by atoms with E-state index in [0.717, 1.165) is 5.56 Å². The SMILES string of the molecule is C#CCOc1ccc(C=NNC(=O)CC(=O)Nc2ccc(Cl)cc2)cc1. The number of amides is 2. The zero-order chi connectivity index (χ0) is 18.8. The number of ether oxygens (including phenoxy) is 1. The number of carbonyl (C=O) groups excluding carboxylic acids is 2. The molecular weight excluding hydrogens is 354 g/mol. The molecular formula is C19H16ClN3O3. The number of anilines is 1. The number of carbonyl (C=O) groups is 2. The lowest BCUT2D eigenvalue weighted by Crippen LogP contribution is -2.24. The van der Waals surface area contributed by atoms with Crippen molar-refractivity contribution in [2.24, 2.45) is 5.10 Å². The van der Waals surface area contributed by atoms with Gasteiger partial charge in [-0.3, -0.25) is 9.59 Å². The molecule has 0 fully saturated rings. The van der Waals surface area contributed by atoms with Crippen molar-refractivity contribution in [2.45, 2.75) is 6.42 Å². The summed E-state index contributed by atoms with van der Waals surface area (Å²) in [5.41, 5.74) is 3.61. The van der Waals surface area contributed by atoms with Gasteiger partial charge in [-0.2, -0.15) is 5.10 Å². The highest BCUT2D eigenvalue weighted by Crippen LogP contribution is 2.13. The lowest BCUT2D eigenvalue weighted by atomic mass is 10.2. The molecule has 0 bridgehead atoms. The maximum Gasteiger partial charge on any atom is 0.249 e. The number of hydrazone groups is 1. The molecule has 0 aliphatic carbocycles. The summed E-state index contributed by atoms with van der Waals surface area (Å²) < 4.78 is 5.25. The second-order valence-corrected chi connectivity index (χ2v) is 5.52. The second kappa shape index (κ2) is 9.87. The van der Waals surface area contributed by atoms with Gasteiger partial charge in [0.2, 0.25) is 11.8 Å². The molecule has 26 heavy (non-hydrogen) atoms. The van der Waals surface area contributed by atoms with Gasteiger partial charge in [0.15, 0.2) is 0 Å². The van der Waals surface area contributed by atoms with Crippen molar-refractivity contribution in [1.82, 2.24) is 5.43 Å². The van der Waals surface area contributed by atoms with E-state index in [0.29, 0.717) is 16.5 Å². The highest BCUT2D eigenvalue weighted by molar-refractivity contribution is 6.30. The van der Waals surface area contributed by atoms with E-state index in [-0.39, 0.29) is 13.0 Å². The number of nitrogens with zero attached hydrogens (tertiary/aromatic N) is 1. The number of rotatable bonds is 7. The molecule has 0 aliphatic heterocycles. The minimum absolute atomic E-state index is 0.196. The zero-order valence-corrected chi connectivity index (χ0v) is 14.5. The Morgan fingerprint density at radius 3 is 2.46 bits per heavy atom. The average Bonchev–Trinajstić information content (AvgIpc) is 2.63. The van der Waals surface area contributed by atoms with Crippen molar-refractivity contribution in [2.75, 3.05) is 11.9 Å². The van der Waals surface area contributed by atoms with E-state index >= 15 is 0 Å². The fourth-order valence-electron chi connectivity index (χ4n) is 1.88. The Bertz CT molecular complexity index is 825. The van der Waals surface area contributed by atoms with Crippen LogP contribution in [0.1, 0.15) is 12.0 Å². The maximum atomic E-state index is 11.8. The molecule has 0 saturated carbocycles. The summed E-state index contributed by atoms with van der Waals surface area (Å²) in [4.78, 5) is 23.5. The minimum atomic E-state index is -0.526. The van der Waals surface area contributed by atoms with E-state index in [1.54, 1.807) is 48.5 Å². The second-order valence-electron chi connectivity index (χ2n) is 5.09. The van der Waals surface area contributed by atoms with E-state index in [2.05, 4.69) is 21.8 Å². The number of benzene rings is 2. The molecule has 6 nitrogen and oxygen atoms in total. The summed E-state index contributed by atoms with van der Waals surface area (Å²) in [7, 11) is 0. The van der Waals surface area contributed by atoms with E-state index in [9.17, 15) is 9.59 Å². The van der Waals surface area contributed by atoms with E-state index < -0.39 is 11.8 Å². The Morgan fingerprint density at radius 1 is 1.12 bits per heavy atom. The first-order valence-corrected chi connectivity index (χ1v) is 7.98. The first-order chi connectivity index (χ1) is 12.6. The molecule has 0 aliphatic rings. The van der Waals surface area contributed by atoms with Crippen LogP contribution in [-0.2, 0) is 9.59 Å². The minimum Gasteiger partial charge on any atom is -0.481 e. The van der Waals surface area contributed by atoms with Gasteiger partial charge in [0.1, 0.15) is 18.8 Å². The first kappa shape index (κ1) is 19.0. The molecule has 2 N–H and O–H groups in total. The fourth-order valence-corrected chi connectivity index (χ4v) is 2.00. The summed E-state index contributed by atoms with van der Waals surface area (Å²) in [5, 5.41) is 6.96. The number of hydrogen-bond donors (Lipinski definition) is 2. The number of terminal acetylenes is 1. The standard InChI is InChI=1S/C19H16ClN3O3/c1-2-11-26-17-9-3-14(4-10-17)13-21-23-19(25)12-18(24)22-16-7-5-15(20)6-8-16/h1,3-10,13H,11-12H2,(H,22,24)(H,23,25). The molecule has 0 unspecified atom stereocenters. The molecule has 0 spiro atoms. The van der Waals surface area contributed by atoms with Gasteiger partial charge in [0, 0.05) is 10.7 Å².